The number of carbonyl (C=O) groups is 2. The molecule has 0 aromatic rings. The molecule has 2 N–H and O–H groups in total. The number of amides is 1. The molecular weight excluding hydrogens is 232 g/mol. The summed E-state index contributed by atoms with van der Waals surface area (Å²) in [6.07, 6.45) is 5.57. The number of aliphatic carboxylic acids is 1. The Bertz CT molecular complexity index is 371. The number of carboxylic acid groups (broad SMARTS) is 1. The maximum Gasteiger partial charge on any atom is 0.326 e. The Balaban J connectivity index is 1.72. The number of carbonyl (C=O) groups excluding carboxylic acids is 1. The van der Waals surface area contributed by atoms with Crippen LogP contribution in [0, 0.1) is 5.92 Å². The molecule has 0 aromatic carbocycles. The summed E-state index contributed by atoms with van der Waals surface area (Å²) in [5.74, 6) is -0.760. The summed E-state index contributed by atoms with van der Waals surface area (Å²) in [6, 6.07) is 0.182. The van der Waals surface area contributed by atoms with E-state index >= 15 is 0 Å². The van der Waals surface area contributed by atoms with E-state index in [0.717, 1.165) is 32.1 Å². The predicted octanol–water partition coefficient (Wildman–Crippen LogP) is 0.593. The standard InChI is InChI=1S/C13H20N2O3/c16-12(9-7-8-4-5-10(9)14-8)15-6-2-1-3-11(15)13(17)18/h8-11,14H,1-7H2,(H,17,18)/t8?,9?,10?,11-/m1/s1. The molecule has 0 aliphatic carbocycles. The molecule has 18 heavy (non-hydrogen) atoms. The van der Waals surface area contributed by atoms with Crippen molar-refractivity contribution in [3.63, 3.8) is 0 Å². The number of hydrogen-bond donors (Lipinski definition) is 2. The van der Waals surface area contributed by atoms with E-state index in [1.165, 1.54) is 0 Å². The van der Waals surface area contributed by atoms with Crippen LogP contribution < -0.4 is 5.32 Å². The fourth-order valence-corrected chi connectivity index (χ4v) is 3.76. The Labute approximate surface area is 107 Å². The zero-order chi connectivity index (χ0) is 12.7. The van der Waals surface area contributed by atoms with Gasteiger partial charge in [0, 0.05) is 18.6 Å². The van der Waals surface area contributed by atoms with E-state index in [0.29, 0.717) is 25.0 Å². The van der Waals surface area contributed by atoms with E-state index in [1.54, 1.807) is 4.90 Å². The van der Waals surface area contributed by atoms with Gasteiger partial charge in [0.1, 0.15) is 6.04 Å². The highest BCUT2D eigenvalue weighted by molar-refractivity contribution is 5.86. The zero-order valence-electron chi connectivity index (χ0n) is 10.5. The van der Waals surface area contributed by atoms with Crippen molar-refractivity contribution in [1.82, 2.24) is 10.2 Å². The molecule has 0 spiro atoms. The van der Waals surface area contributed by atoms with Crippen molar-refractivity contribution in [2.45, 2.75) is 56.7 Å². The van der Waals surface area contributed by atoms with Crippen LogP contribution in [-0.4, -0.2) is 46.6 Å². The van der Waals surface area contributed by atoms with Crippen molar-refractivity contribution in [3.05, 3.63) is 0 Å². The lowest BCUT2D eigenvalue weighted by molar-refractivity contribution is -0.154. The lowest BCUT2D eigenvalue weighted by atomic mass is 9.87. The number of carboxylic acids is 1. The molecule has 0 aromatic heterocycles. The summed E-state index contributed by atoms with van der Waals surface area (Å²) in [4.78, 5) is 25.4. The summed E-state index contributed by atoms with van der Waals surface area (Å²) in [5.41, 5.74) is 0. The second-order valence-electron chi connectivity index (χ2n) is 5.77. The average molecular weight is 252 g/mol. The van der Waals surface area contributed by atoms with E-state index in [9.17, 15) is 14.7 Å². The first-order chi connectivity index (χ1) is 8.66. The molecule has 3 heterocycles. The third-order valence-electron chi connectivity index (χ3n) is 4.69. The molecule has 5 heteroatoms. The van der Waals surface area contributed by atoms with Crippen molar-refractivity contribution >= 4 is 11.9 Å². The molecule has 5 nitrogen and oxygen atoms in total. The molecule has 3 aliphatic rings. The van der Waals surface area contributed by atoms with Crippen LogP contribution in [0.15, 0.2) is 0 Å². The van der Waals surface area contributed by atoms with Gasteiger partial charge in [0.05, 0.1) is 5.92 Å². The number of rotatable bonds is 2. The van der Waals surface area contributed by atoms with Gasteiger partial charge in [-0.15, -0.1) is 0 Å². The number of hydrogen-bond acceptors (Lipinski definition) is 3. The zero-order valence-corrected chi connectivity index (χ0v) is 10.5. The fourth-order valence-electron chi connectivity index (χ4n) is 3.76. The van der Waals surface area contributed by atoms with Crippen LogP contribution in [0.25, 0.3) is 0 Å². The number of fused-ring (bicyclic) bond motifs is 2. The molecule has 4 atom stereocenters. The molecule has 0 radical (unpaired) electrons. The van der Waals surface area contributed by atoms with E-state index in [-0.39, 0.29) is 11.8 Å². The Hall–Kier alpha value is -1.10. The van der Waals surface area contributed by atoms with Gasteiger partial charge < -0.3 is 15.3 Å². The van der Waals surface area contributed by atoms with E-state index < -0.39 is 12.0 Å². The molecule has 3 unspecified atom stereocenters. The molecular formula is C13H20N2O3. The van der Waals surface area contributed by atoms with Gasteiger partial charge in [-0.2, -0.15) is 0 Å². The van der Waals surface area contributed by atoms with E-state index in [1.807, 2.05) is 0 Å². The molecule has 100 valence electrons. The van der Waals surface area contributed by atoms with Crippen LogP contribution in [0.5, 0.6) is 0 Å². The van der Waals surface area contributed by atoms with Gasteiger partial charge in [-0.3, -0.25) is 4.79 Å². The predicted molar refractivity (Wildman–Crippen MR) is 65.0 cm³/mol. The Morgan fingerprint density at radius 2 is 2.00 bits per heavy atom. The van der Waals surface area contributed by atoms with E-state index in [2.05, 4.69) is 5.32 Å². The van der Waals surface area contributed by atoms with Crippen molar-refractivity contribution < 1.29 is 14.7 Å². The van der Waals surface area contributed by atoms with Gasteiger partial charge in [0.25, 0.3) is 0 Å². The topological polar surface area (TPSA) is 69.6 Å². The number of piperidine rings is 1. The van der Waals surface area contributed by atoms with Gasteiger partial charge in [0.15, 0.2) is 0 Å². The molecule has 3 aliphatic heterocycles. The maximum atomic E-state index is 12.5. The minimum Gasteiger partial charge on any atom is -0.480 e. The summed E-state index contributed by atoms with van der Waals surface area (Å²) in [5, 5.41) is 12.7. The number of nitrogens with zero attached hydrogens (tertiary/aromatic N) is 1. The van der Waals surface area contributed by atoms with Crippen LogP contribution in [0.1, 0.15) is 38.5 Å². The largest absolute Gasteiger partial charge is 0.480 e. The number of nitrogens with one attached hydrogen (secondary N) is 1. The molecule has 3 saturated heterocycles. The summed E-state index contributed by atoms with van der Waals surface area (Å²) in [7, 11) is 0. The highest BCUT2D eigenvalue weighted by Gasteiger charge is 2.46. The number of likely N-dealkylation sites (tertiary alicyclic amines) is 1. The Morgan fingerprint density at radius 3 is 2.61 bits per heavy atom. The molecule has 3 fully saturated rings. The smallest absolute Gasteiger partial charge is 0.326 e. The van der Waals surface area contributed by atoms with Crippen LogP contribution in [0.4, 0.5) is 0 Å². The van der Waals surface area contributed by atoms with Crippen LogP contribution >= 0.6 is 0 Å². The molecule has 0 saturated carbocycles. The normalized spacial score (nSPS) is 39.0. The second kappa shape index (κ2) is 4.53. The van der Waals surface area contributed by atoms with Crippen LogP contribution in [-0.2, 0) is 9.59 Å². The van der Waals surface area contributed by atoms with Crippen molar-refractivity contribution in [2.24, 2.45) is 5.92 Å². The summed E-state index contributed by atoms with van der Waals surface area (Å²) in [6.45, 7) is 0.615. The minimum absolute atomic E-state index is 0.0173. The highest BCUT2D eigenvalue weighted by atomic mass is 16.4. The average Bonchev–Trinajstić information content (AvgIpc) is 3.00. The van der Waals surface area contributed by atoms with Gasteiger partial charge >= 0.3 is 5.97 Å². The molecule has 1 amide bonds. The highest BCUT2D eigenvalue weighted by Crippen LogP contribution is 2.35. The van der Waals surface area contributed by atoms with Crippen molar-refractivity contribution in [3.8, 4) is 0 Å². The van der Waals surface area contributed by atoms with Gasteiger partial charge in [-0.05, 0) is 38.5 Å². The van der Waals surface area contributed by atoms with Crippen molar-refractivity contribution in [1.29, 1.82) is 0 Å². The second-order valence-corrected chi connectivity index (χ2v) is 5.77. The fraction of sp³-hybridized carbons (Fsp3) is 0.846. The van der Waals surface area contributed by atoms with E-state index in [4.69, 9.17) is 0 Å². The minimum atomic E-state index is -0.848. The third-order valence-corrected chi connectivity index (χ3v) is 4.69. The molecule has 2 bridgehead atoms. The van der Waals surface area contributed by atoms with Gasteiger partial charge in [0.2, 0.25) is 5.91 Å². The molecule has 3 rings (SSSR count). The van der Waals surface area contributed by atoms with Gasteiger partial charge in [-0.1, -0.05) is 0 Å². The quantitative estimate of drug-likeness (QED) is 0.755. The lowest BCUT2D eigenvalue weighted by Crippen LogP contribution is -2.51. The SMILES string of the molecule is O=C(O)[C@H]1CCCCN1C(=O)C1CC2CCC1N2. The third kappa shape index (κ3) is 1.90. The van der Waals surface area contributed by atoms with Crippen LogP contribution in [0.2, 0.25) is 0 Å². The first-order valence-electron chi connectivity index (χ1n) is 6.96. The first-order valence-corrected chi connectivity index (χ1v) is 6.96. The monoisotopic (exact) mass is 252 g/mol. The Morgan fingerprint density at radius 1 is 1.17 bits per heavy atom. The Kier molecular flexibility index (Phi) is 3.01. The summed E-state index contributed by atoms with van der Waals surface area (Å²) >= 11 is 0. The first kappa shape index (κ1) is 12.0. The maximum absolute atomic E-state index is 12.5. The summed E-state index contributed by atoms with van der Waals surface area (Å²) < 4.78 is 0. The lowest BCUT2D eigenvalue weighted by Gasteiger charge is -2.36. The van der Waals surface area contributed by atoms with Crippen LogP contribution in [0.3, 0.4) is 0 Å². The van der Waals surface area contributed by atoms with Gasteiger partial charge in [-0.25, -0.2) is 4.79 Å². The van der Waals surface area contributed by atoms with Crippen molar-refractivity contribution in [2.75, 3.05) is 6.54 Å².